The average Bonchev–Trinajstić information content (AvgIpc) is 2.32. The van der Waals surface area contributed by atoms with Crippen LogP contribution in [-0.4, -0.2) is 23.1 Å². The average molecular weight is 268 g/mol. The maximum Gasteiger partial charge on any atom is 0.319 e. The molecule has 2 atom stereocenters. The van der Waals surface area contributed by atoms with Crippen molar-refractivity contribution in [1.29, 1.82) is 0 Å². The molecule has 0 fully saturated rings. The summed E-state index contributed by atoms with van der Waals surface area (Å²) in [5.41, 5.74) is 0.801. The number of anilines is 1. The Labute approximate surface area is 110 Å². The molecule has 0 aliphatic carbocycles. The molecule has 0 aliphatic rings. The Bertz CT molecular complexity index is 491. The van der Waals surface area contributed by atoms with Crippen molar-refractivity contribution in [2.45, 2.75) is 26.8 Å². The van der Waals surface area contributed by atoms with E-state index in [1.807, 2.05) is 0 Å². The van der Waals surface area contributed by atoms with Gasteiger partial charge in [-0.05, 0) is 38.5 Å². The summed E-state index contributed by atoms with van der Waals surface area (Å²) in [6.07, 6.45) is 0. The van der Waals surface area contributed by atoms with Crippen molar-refractivity contribution in [2.75, 3.05) is 5.32 Å². The van der Waals surface area contributed by atoms with Crippen LogP contribution >= 0.6 is 0 Å². The third kappa shape index (κ3) is 4.24. The molecule has 0 aliphatic heterocycles. The fourth-order valence-corrected chi connectivity index (χ4v) is 1.38. The van der Waals surface area contributed by atoms with Gasteiger partial charge in [-0.25, -0.2) is 9.18 Å². The first-order valence-corrected chi connectivity index (χ1v) is 5.87. The van der Waals surface area contributed by atoms with Gasteiger partial charge < -0.3 is 15.7 Å². The Balaban J connectivity index is 2.60. The second-order valence-corrected chi connectivity index (χ2v) is 4.48. The molecule has 6 heteroatoms. The minimum absolute atomic E-state index is 0.316. The number of rotatable bonds is 4. The lowest BCUT2D eigenvalue weighted by atomic mass is 10.0. The number of urea groups is 1. The van der Waals surface area contributed by atoms with Crippen LogP contribution in [0.1, 0.15) is 19.4 Å². The van der Waals surface area contributed by atoms with Crippen molar-refractivity contribution < 1.29 is 19.1 Å². The maximum absolute atomic E-state index is 13.3. The number of carbonyl (C=O) groups excluding carboxylic acids is 1. The molecule has 1 aromatic carbocycles. The Morgan fingerprint density at radius 2 is 1.95 bits per heavy atom. The van der Waals surface area contributed by atoms with E-state index in [4.69, 9.17) is 5.11 Å². The van der Waals surface area contributed by atoms with Crippen LogP contribution in [0.3, 0.4) is 0 Å². The van der Waals surface area contributed by atoms with E-state index in [1.54, 1.807) is 26.0 Å². The summed E-state index contributed by atoms with van der Waals surface area (Å²) >= 11 is 0. The van der Waals surface area contributed by atoms with E-state index >= 15 is 0 Å². The van der Waals surface area contributed by atoms with E-state index in [2.05, 4.69) is 10.6 Å². The lowest BCUT2D eigenvalue weighted by Crippen LogP contribution is -2.42. The molecule has 2 amide bonds. The summed E-state index contributed by atoms with van der Waals surface area (Å²) in [4.78, 5) is 22.3. The van der Waals surface area contributed by atoms with Gasteiger partial charge in [-0.1, -0.05) is 6.07 Å². The van der Waals surface area contributed by atoms with E-state index in [9.17, 15) is 14.0 Å². The molecule has 0 spiro atoms. The highest BCUT2D eigenvalue weighted by atomic mass is 19.1. The number of carbonyl (C=O) groups is 2. The molecule has 1 aromatic rings. The summed E-state index contributed by atoms with van der Waals surface area (Å²) < 4.78 is 13.3. The number of benzene rings is 1. The highest BCUT2D eigenvalue weighted by molar-refractivity contribution is 5.89. The van der Waals surface area contributed by atoms with Crippen LogP contribution in [0.2, 0.25) is 0 Å². The van der Waals surface area contributed by atoms with Crippen LogP contribution in [0.25, 0.3) is 0 Å². The first-order valence-electron chi connectivity index (χ1n) is 5.87. The fraction of sp³-hybridized carbons (Fsp3) is 0.385. The number of amides is 2. The predicted molar refractivity (Wildman–Crippen MR) is 69.6 cm³/mol. The highest BCUT2D eigenvalue weighted by Crippen LogP contribution is 2.13. The Morgan fingerprint density at radius 3 is 2.47 bits per heavy atom. The zero-order valence-electron chi connectivity index (χ0n) is 11.0. The third-order valence-corrected chi connectivity index (χ3v) is 2.93. The minimum Gasteiger partial charge on any atom is -0.481 e. The molecule has 19 heavy (non-hydrogen) atoms. The third-order valence-electron chi connectivity index (χ3n) is 2.93. The lowest BCUT2D eigenvalue weighted by molar-refractivity contribution is -0.141. The van der Waals surface area contributed by atoms with Gasteiger partial charge >= 0.3 is 12.0 Å². The second kappa shape index (κ2) is 6.17. The van der Waals surface area contributed by atoms with Crippen molar-refractivity contribution in [1.82, 2.24) is 5.32 Å². The molecule has 2 unspecified atom stereocenters. The van der Waals surface area contributed by atoms with E-state index in [0.29, 0.717) is 11.3 Å². The SMILES string of the molecule is Cc1ccc(NC(=O)NC(C)C(C)C(=O)O)cc1F. The van der Waals surface area contributed by atoms with Crippen LogP contribution in [-0.2, 0) is 4.79 Å². The molecule has 3 N–H and O–H groups in total. The molecular weight excluding hydrogens is 251 g/mol. The molecule has 0 heterocycles. The van der Waals surface area contributed by atoms with Crippen molar-refractivity contribution in [3.63, 3.8) is 0 Å². The quantitative estimate of drug-likeness (QED) is 0.784. The highest BCUT2D eigenvalue weighted by Gasteiger charge is 2.20. The standard InChI is InChI=1S/C13H17FN2O3/c1-7-4-5-10(6-11(7)14)16-13(19)15-9(3)8(2)12(17)18/h4-6,8-9H,1-3H3,(H,17,18)(H2,15,16,19). The van der Waals surface area contributed by atoms with Crippen LogP contribution in [0, 0.1) is 18.7 Å². The van der Waals surface area contributed by atoms with Crippen LogP contribution in [0.15, 0.2) is 18.2 Å². The Hall–Kier alpha value is -2.11. The Kier molecular flexibility index (Phi) is 4.86. The summed E-state index contributed by atoms with van der Waals surface area (Å²) in [5.74, 6) is -2.11. The van der Waals surface area contributed by atoms with Gasteiger partial charge in [0.05, 0.1) is 5.92 Å². The molecule has 104 valence electrons. The van der Waals surface area contributed by atoms with E-state index in [1.165, 1.54) is 13.0 Å². The van der Waals surface area contributed by atoms with Gasteiger partial charge in [-0.3, -0.25) is 4.79 Å². The molecule has 5 nitrogen and oxygen atoms in total. The number of hydrogen-bond donors (Lipinski definition) is 3. The first-order chi connectivity index (χ1) is 8.81. The zero-order valence-corrected chi connectivity index (χ0v) is 11.0. The maximum atomic E-state index is 13.3. The van der Waals surface area contributed by atoms with Gasteiger partial charge in [0.1, 0.15) is 5.82 Å². The van der Waals surface area contributed by atoms with Crippen molar-refractivity contribution in [3.8, 4) is 0 Å². The van der Waals surface area contributed by atoms with Crippen LogP contribution in [0.5, 0.6) is 0 Å². The zero-order chi connectivity index (χ0) is 14.6. The lowest BCUT2D eigenvalue weighted by Gasteiger charge is -2.18. The number of carboxylic acids is 1. The van der Waals surface area contributed by atoms with Crippen molar-refractivity contribution in [2.24, 2.45) is 5.92 Å². The number of aliphatic carboxylic acids is 1. The molecule has 0 saturated carbocycles. The van der Waals surface area contributed by atoms with Gasteiger partial charge in [0.15, 0.2) is 0 Å². The van der Waals surface area contributed by atoms with Gasteiger partial charge in [0.2, 0.25) is 0 Å². The Morgan fingerprint density at radius 1 is 1.32 bits per heavy atom. The minimum atomic E-state index is -0.991. The topological polar surface area (TPSA) is 78.4 Å². The van der Waals surface area contributed by atoms with E-state index in [-0.39, 0.29) is 0 Å². The predicted octanol–water partition coefficient (Wildman–Crippen LogP) is 2.36. The molecule has 0 saturated heterocycles. The van der Waals surface area contributed by atoms with Crippen LogP contribution < -0.4 is 10.6 Å². The summed E-state index contributed by atoms with van der Waals surface area (Å²) in [7, 11) is 0. The number of halogens is 1. The van der Waals surface area contributed by atoms with Crippen molar-refractivity contribution in [3.05, 3.63) is 29.6 Å². The smallest absolute Gasteiger partial charge is 0.319 e. The summed E-state index contributed by atoms with van der Waals surface area (Å²) in [6.45, 7) is 4.71. The molecule has 1 rings (SSSR count). The number of aryl methyl sites for hydroxylation is 1. The summed E-state index contributed by atoms with van der Waals surface area (Å²) in [5, 5.41) is 13.7. The van der Waals surface area contributed by atoms with E-state index in [0.717, 1.165) is 0 Å². The normalized spacial score (nSPS) is 13.5. The summed E-state index contributed by atoms with van der Waals surface area (Å²) in [6, 6.07) is 3.23. The second-order valence-electron chi connectivity index (χ2n) is 4.48. The van der Waals surface area contributed by atoms with Crippen LogP contribution in [0.4, 0.5) is 14.9 Å². The van der Waals surface area contributed by atoms with Gasteiger partial charge in [-0.2, -0.15) is 0 Å². The largest absolute Gasteiger partial charge is 0.481 e. The van der Waals surface area contributed by atoms with Gasteiger partial charge in [-0.15, -0.1) is 0 Å². The number of nitrogens with one attached hydrogen (secondary N) is 2. The van der Waals surface area contributed by atoms with E-state index < -0.39 is 29.8 Å². The molecular formula is C13H17FN2O3. The molecule has 0 aromatic heterocycles. The number of hydrogen-bond acceptors (Lipinski definition) is 2. The van der Waals surface area contributed by atoms with Gasteiger partial charge in [0.25, 0.3) is 0 Å². The van der Waals surface area contributed by atoms with Crippen molar-refractivity contribution >= 4 is 17.7 Å². The fourth-order valence-electron chi connectivity index (χ4n) is 1.38. The monoisotopic (exact) mass is 268 g/mol. The molecule has 0 bridgehead atoms. The van der Waals surface area contributed by atoms with Gasteiger partial charge in [0, 0.05) is 11.7 Å². The molecule has 0 radical (unpaired) electrons. The number of carboxylic acid groups (broad SMARTS) is 1. The first kappa shape index (κ1) is 14.9.